The molecule has 1 aromatic rings. The highest BCUT2D eigenvalue weighted by Gasteiger charge is 2.58. The Bertz CT molecular complexity index is 860. The summed E-state index contributed by atoms with van der Waals surface area (Å²) in [7, 11) is 1.77. The minimum Gasteiger partial charge on any atom is -0.356 e. The van der Waals surface area contributed by atoms with Crippen LogP contribution in [0.15, 0.2) is 47.5 Å². The van der Waals surface area contributed by atoms with E-state index in [2.05, 4.69) is 58.1 Å². The number of fused-ring (bicyclic) bond motifs is 5. The maximum Gasteiger partial charge on any atom is 0.233 e. The molecular weight excluding hydrogens is 376 g/mol. The van der Waals surface area contributed by atoms with Crippen molar-refractivity contribution in [3.05, 3.63) is 48.0 Å². The Labute approximate surface area is 177 Å². The Morgan fingerprint density at radius 1 is 1.07 bits per heavy atom. The number of nitrogens with one attached hydrogen (secondary N) is 2. The smallest absolute Gasteiger partial charge is 0.233 e. The van der Waals surface area contributed by atoms with Crippen LogP contribution in [0, 0.1) is 23.7 Å². The molecule has 1 aliphatic heterocycles. The highest BCUT2D eigenvalue weighted by atomic mass is 16.2. The molecule has 2 amide bonds. The number of hydrogen-bond acceptors (Lipinski definition) is 3. The lowest BCUT2D eigenvalue weighted by molar-refractivity contribution is -0.140. The van der Waals surface area contributed by atoms with Crippen LogP contribution in [0.4, 0.5) is 0 Å². The van der Waals surface area contributed by atoms with E-state index < -0.39 is 0 Å². The first-order chi connectivity index (χ1) is 14.6. The molecule has 5 rings (SSSR count). The van der Waals surface area contributed by atoms with Gasteiger partial charge in [-0.05, 0) is 43.1 Å². The molecule has 1 saturated heterocycles. The molecule has 1 aromatic carbocycles. The van der Waals surface area contributed by atoms with Crippen LogP contribution in [0.25, 0.3) is 0 Å². The zero-order valence-corrected chi connectivity index (χ0v) is 17.5. The summed E-state index contributed by atoms with van der Waals surface area (Å²) < 4.78 is 0. The van der Waals surface area contributed by atoms with Gasteiger partial charge in [-0.3, -0.25) is 19.5 Å². The fraction of sp³-hybridized carbons (Fsp3) is 0.542. The van der Waals surface area contributed by atoms with Crippen LogP contribution in [0.5, 0.6) is 0 Å². The van der Waals surface area contributed by atoms with Gasteiger partial charge in [-0.15, -0.1) is 0 Å². The number of aliphatic imine (C=N–C) groups is 1. The van der Waals surface area contributed by atoms with Crippen molar-refractivity contribution in [3.8, 4) is 0 Å². The average Bonchev–Trinajstić information content (AvgIpc) is 3.16. The number of amides is 2. The van der Waals surface area contributed by atoms with Crippen LogP contribution in [0.1, 0.15) is 31.2 Å². The highest BCUT2D eigenvalue weighted by molar-refractivity contribution is 6.06. The molecule has 6 nitrogen and oxygen atoms in total. The second-order valence-electron chi connectivity index (χ2n) is 9.18. The van der Waals surface area contributed by atoms with E-state index in [0.717, 1.165) is 25.3 Å². The van der Waals surface area contributed by atoms with Gasteiger partial charge < -0.3 is 10.6 Å². The number of allylic oxidation sites excluding steroid dienone is 2. The SMILES string of the molecule is CN=C(NCCCN1C(=O)C2C3C=CC(C3)C2C1=O)NCC1(c2ccccc2)CC1. The van der Waals surface area contributed by atoms with Crippen LogP contribution in [-0.2, 0) is 15.0 Å². The van der Waals surface area contributed by atoms with Gasteiger partial charge in [0, 0.05) is 32.1 Å². The van der Waals surface area contributed by atoms with Crippen molar-refractivity contribution >= 4 is 17.8 Å². The quantitative estimate of drug-likeness (QED) is 0.239. The summed E-state index contributed by atoms with van der Waals surface area (Å²) >= 11 is 0. The number of imide groups is 1. The summed E-state index contributed by atoms with van der Waals surface area (Å²) in [6.07, 6.45) is 8.37. The Kier molecular flexibility index (Phi) is 4.88. The molecule has 2 saturated carbocycles. The van der Waals surface area contributed by atoms with Gasteiger partial charge in [0.1, 0.15) is 0 Å². The third-order valence-corrected chi connectivity index (χ3v) is 7.47. The Balaban J connectivity index is 1.08. The van der Waals surface area contributed by atoms with E-state index in [0.29, 0.717) is 13.1 Å². The van der Waals surface area contributed by atoms with Gasteiger partial charge in [0.2, 0.25) is 11.8 Å². The lowest BCUT2D eigenvalue weighted by Gasteiger charge is -2.20. The minimum atomic E-state index is -0.0948. The van der Waals surface area contributed by atoms with Gasteiger partial charge in [0.05, 0.1) is 11.8 Å². The number of carbonyl (C=O) groups is 2. The number of likely N-dealkylation sites (tertiary alicyclic amines) is 1. The maximum atomic E-state index is 12.7. The predicted molar refractivity (Wildman–Crippen MR) is 116 cm³/mol. The molecule has 4 atom stereocenters. The van der Waals surface area contributed by atoms with E-state index in [1.54, 1.807) is 7.05 Å². The molecule has 158 valence electrons. The molecule has 3 aliphatic carbocycles. The molecule has 1 heterocycles. The highest BCUT2D eigenvalue weighted by Crippen LogP contribution is 2.52. The minimum absolute atomic E-state index is 0.0443. The van der Waals surface area contributed by atoms with Crippen LogP contribution >= 0.6 is 0 Å². The van der Waals surface area contributed by atoms with Crippen molar-refractivity contribution in [1.82, 2.24) is 15.5 Å². The summed E-state index contributed by atoms with van der Waals surface area (Å²) in [6.45, 7) is 2.02. The average molecular weight is 407 g/mol. The van der Waals surface area contributed by atoms with Crippen molar-refractivity contribution < 1.29 is 9.59 Å². The molecule has 6 heteroatoms. The first-order valence-electron chi connectivity index (χ1n) is 11.2. The number of hydrogen-bond donors (Lipinski definition) is 2. The summed E-state index contributed by atoms with van der Waals surface area (Å²) in [5, 5.41) is 6.78. The number of guanidine groups is 1. The van der Waals surface area contributed by atoms with E-state index in [9.17, 15) is 9.59 Å². The van der Waals surface area contributed by atoms with Gasteiger partial charge in [0.15, 0.2) is 5.96 Å². The van der Waals surface area contributed by atoms with Gasteiger partial charge in [-0.2, -0.15) is 0 Å². The van der Waals surface area contributed by atoms with Crippen LogP contribution in [0.2, 0.25) is 0 Å². The first-order valence-corrected chi connectivity index (χ1v) is 11.2. The molecule has 30 heavy (non-hydrogen) atoms. The molecule has 0 aromatic heterocycles. The van der Waals surface area contributed by atoms with E-state index in [1.165, 1.54) is 23.3 Å². The number of nitrogens with zero attached hydrogens (tertiary/aromatic N) is 2. The molecule has 2 bridgehead atoms. The van der Waals surface area contributed by atoms with E-state index in [4.69, 9.17) is 0 Å². The monoisotopic (exact) mass is 406 g/mol. The van der Waals surface area contributed by atoms with Crippen molar-refractivity contribution in [3.63, 3.8) is 0 Å². The standard InChI is InChI=1S/C24H30N4O2/c1-25-23(27-15-24(10-11-24)18-6-3-2-4-7-18)26-12-5-13-28-21(29)19-16-8-9-17(14-16)20(19)22(28)30/h2-4,6-9,16-17,19-20H,5,10-15H2,1H3,(H2,25,26,27). The lowest BCUT2D eigenvalue weighted by Crippen LogP contribution is -2.42. The number of carbonyl (C=O) groups excluding carboxylic acids is 2. The second kappa shape index (κ2) is 7.56. The zero-order valence-electron chi connectivity index (χ0n) is 17.5. The Hall–Kier alpha value is -2.63. The molecule has 3 fully saturated rings. The Morgan fingerprint density at radius 3 is 2.33 bits per heavy atom. The van der Waals surface area contributed by atoms with Crippen molar-refractivity contribution in [2.45, 2.75) is 31.1 Å². The molecule has 2 N–H and O–H groups in total. The maximum absolute atomic E-state index is 12.7. The molecular formula is C24H30N4O2. The van der Waals surface area contributed by atoms with Gasteiger partial charge in [-0.1, -0.05) is 42.5 Å². The van der Waals surface area contributed by atoms with Crippen molar-refractivity contribution in [2.75, 3.05) is 26.7 Å². The third kappa shape index (κ3) is 3.22. The normalized spacial score (nSPS) is 30.7. The van der Waals surface area contributed by atoms with Crippen molar-refractivity contribution in [1.29, 1.82) is 0 Å². The van der Waals surface area contributed by atoms with E-state index in [1.807, 2.05) is 0 Å². The summed E-state index contributed by atoms with van der Waals surface area (Å²) in [5.74, 6) is 1.23. The van der Waals surface area contributed by atoms with Gasteiger partial charge >= 0.3 is 0 Å². The van der Waals surface area contributed by atoms with Crippen LogP contribution < -0.4 is 10.6 Å². The molecule has 4 aliphatic rings. The Morgan fingerprint density at radius 2 is 1.73 bits per heavy atom. The summed E-state index contributed by atoms with van der Waals surface area (Å²) in [5.41, 5.74) is 1.60. The number of benzene rings is 1. The molecule has 0 spiro atoms. The molecule has 0 radical (unpaired) electrons. The fourth-order valence-corrected chi connectivity index (χ4v) is 5.61. The van der Waals surface area contributed by atoms with Crippen LogP contribution in [-0.4, -0.2) is 49.4 Å². The number of rotatable bonds is 7. The first kappa shape index (κ1) is 19.3. The topological polar surface area (TPSA) is 73.8 Å². The van der Waals surface area contributed by atoms with Crippen LogP contribution in [0.3, 0.4) is 0 Å². The van der Waals surface area contributed by atoms with E-state index >= 15 is 0 Å². The molecule has 4 unspecified atom stereocenters. The second-order valence-corrected chi connectivity index (χ2v) is 9.18. The summed E-state index contributed by atoms with van der Waals surface area (Å²) in [4.78, 5) is 31.3. The largest absolute Gasteiger partial charge is 0.356 e. The predicted octanol–water partition coefficient (Wildman–Crippen LogP) is 2.08. The van der Waals surface area contributed by atoms with Gasteiger partial charge in [0.25, 0.3) is 0 Å². The third-order valence-electron chi connectivity index (χ3n) is 7.47. The summed E-state index contributed by atoms with van der Waals surface area (Å²) in [6, 6.07) is 10.6. The zero-order chi connectivity index (χ0) is 20.7. The van der Waals surface area contributed by atoms with Gasteiger partial charge in [-0.25, -0.2) is 0 Å². The fourth-order valence-electron chi connectivity index (χ4n) is 5.61. The lowest BCUT2D eigenvalue weighted by atomic mass is 9.85. The van der Waals surface area contributed by atoms with E-state index in [-0.39, 0.29) is 40.9 Å². The van der Waals surface area contributed by atoms with Crippen molar-refractivity contribution in [2.24, 2.45) is 28.7 Å².